The van der Waals surface area contributed by atoms with Crippen molar-refractivity contribution in [2.45, 2.75) is 50.2 Å². The lowest BCUT2D eigenvalue weighted by molar-refractivity contribution is -0.163. The highest BCUT2D eigenvalue weighted by molar-refractivity contribution is 5.99. The number of aromatic nitrogens is 2. The number of amides is 1. The van der Waals surface area contributed by atoms with Crippen LogP contribution in [0.4, 0.5) is 13.2 Å². The van der Waals surface area contributed by atoms with Crippen LogP contribution >= 0.6 is 0 Å². The Kier molecular flexibility index (Phi) is 3.65. The van der Waals surface area contributed by atoms with E-state index in [1.807, 2.05) is 6.92 Å². The lowest BCUT2D eigenvalue weighted by Gasteiger charge is -2.20. The number of carbonyl (C=O) groups is 1. The maximum absolute atomic E-state index is 13.2. The average molecular weight is 364 g/mol. The van der Waals surface area contributed by atoms with Gasteiger partial charge in [0.05, 0.1) is 5.69 Å². The van der Waals surface area contributed by atoms with Crippen LogP contribution in [0.3, 0.4) is 0 Å². The molecule has 4 rings (SSSR count). The molecule has 3 aliphatic carbocycles. The van der Waals surface area contributed by atoms with E-state index in [1.165, 1.54) is 6.08 Å². The third-order valence-electron chi connectivity index (χ3n) is 5.38. The fourth-order valence-electron chi connectivity index (χ4n) is 3.70. The summed E-state index contributed by atoms with van der Waals surface area (Å²) in [5.74, 6) is 0.451. The number of nitrogens with zero attached hydrogens (tertiary/aromatic N) is 3. The van der Waals surface area contributed by atoms with Crippen LogP contribution in [-0.4, -0.2) is 33.2 Å². The molecule has 0 aliphatic heterocycles. The molecule has 0 saturated heterocycles. The van der Waals surface area contributed by atoms with Crippen molar-refractivity contribution in [3.8, 4) is 0 Å². The standard InChI is InChI=1S/C18H19F3N4O/c1-3-7-22-13(4-2)25-15-11-8-10(11)9-12(15)14(24-25)16(26)23-17(5-6-17)18(19,20)21/h3-4,7,10-11H,2,5-6,8-9H2,1H3,(H,23,26)/b7-3-,22-13+/t10-,11-/m0/s1. The van der Waals surface area contributed by atoms with E-state index >= 15 is 0 Å². The highest BCUT2D eigenvalue weighted by atomic mass is 19.4. The molecule has 3 aliphatic rings. The van der Waals surface area contributed by atoms with E-state index in [0.717, 1.165) is 17.7 Å². The normalized spacial score (nSPS) is 25.8. The molecule has 0 unspecified atom stereocenters. The van der Waals surface area contributed by atoms with Gasteiger partial charge in [0.25, 0.3) is 5.91 Å². The molecule has 138 valence electrons. The first-order valence-corrected chi connectivity index (χ1v) is 8.64. The zero-order chi connectivity index (χ0) is 18.7. The summed E-state index contributed by atoms with van der Waals surface area (Å²) in [5, 5.41) is 6.51. The van der Waals surface area contributed by atoms with Gasteiger partial charge in [-0.05, 0) is 44.6 Å². The highest BCUT2D eigenvalue weighted by Crippen LogP contribution is 2.57. The van der Waals surface area contributed by atoms with Crippen molar-refractivity contribution >= 4 is 11.7 Å². The van der Waals surface area contributed by atoms with Crippen LogP contribution < -0.4 is 5.32 Å². The maximum atomic E-state index is 13.2. The molecular weight excluding hydrogens is 345 g/mol. The molecular formula is C18H19F3N4O. The molecule has 5 nitrogen and oxygen atoms in total. The Bertz CT molecular complexity index is 845. The van der Waals surface area contributed by atoms with Crippen LogP contribution in [0.25, 0.3) is 0 Å². The van der Waals surface area contributed by atoms with Gasteiger partial charge in [-0.15, -0.1) is 0 Å². The monoisotopic (exact) mass is 364 g/mol. The van der Waals surface area contributed by atoms with Gasteiger partial charge in [-0.25, -0.2) is 9.67 Å². The summed E-state index contributed by atoms with van der Waals surface area (Å²) in [7, 11) is 0. The van der Waals surface area contributed by atoms with Crippen molar-refractivity contribution in [2.75, 3.05) is 0 Å². The molecule has 0 radical (unpaired) electrons. The van der Waals surface area contributed by atoms with Crippen molar-refractivity contribution < 1.29 is 18.0 Å². The fraction of sp³-hybridized carbons (Fsp3) is 0.500. The second-order valence-corrected chi connectivity index (χ2v) is 7.14. The van der Waals surface area contributed by atoms with E-state index in [2.05, 4.69) is 22.0 Å². The molecule has 26 heavy (non-hydrogen) atoms. The van der Waals surface area contributed by atoms with E-state index in [-0.39, 0.29) is 18.5 Å². The van der Waals surface area contributed by atoms with E-state index in [0.29, 0.717) is 24.1 Å². The number of aliphatic imine (C=N–C) groups is 1. The molecule has 0 bridgehead atoms. The largest absolute Gasteiger partial charge is 0.411 e. The van der Waals surface area contributed by atoms with Gasteiger partial charge in [0, 0.05) is 17.7 Å². The molecule has 1 amide bonds. The van der Waals surface area contributed by atoms with Crippen molar-refractivity contribution in [3.63, 3.8) is 0 Å². The summed E-state index contributed by atoms with van der Waals surface area (Å²) >= 11 is 0. The number of carbonyl (C=O) groups excluding carboxylic acids is 1. The zero-order valence-corrected chi connectivity index (χ0v) is 14.3. The average Bonchev–Trinajstić information content (AvgIpc) is 3.46. The van der Waals surface area contributed by atoms with Crippen LogP contribution in [0.1, 0.15) is 53.8 Å². The fourth-order valence-corrected chi connectivity index (χ4v) is 3.70. The van der Waals surface area contributed by atoms with Gasteiger partial charge in [0.1, 0.15) is 5.54 Å². The number of alkyl halides is 3. The lowest BCUT2D eigenvalue weighted by Crippen LogP contribution is -2.48. The summed E-state index contributed by atoms with van der Waals surface area (Å²) in [6, 6.07) is 0. The smallest absolute Gasteiger partial charge is 0.336 e. The van der Waals surface area contributed by atoms with Crippen molar-refractivity contribution in [1.29, 1.82) is 0 Å². The number of rotatable bonds is 4. The van der Waals surface area contributed by atoms with Gasteiger partial charge in [-0.3, -0.25) is 4.79 Å². The Hall–Kier alpha value is -2.38. The second-order valence-electron chi connectivity index (χ2n) is 7.14. The zero-order valence-electron chi connectivity index (χ0n) is 14.3. The van der Waals surface area contributed by atoms with Gasteiger partial charge in [-0.2, -0.15) is 18.3 Å². The minimum atomic E-state index is -4.45. The van der Waals surface area contributed by atoms with E-state index < -0.39 is 17.6 Å². The Balaban J connectivity index is 1.70. The number of hydrogen-bond acceptors (Lipinski definition) is 3. The summed E-state index contributed by atoms with van der Waals surface area (Å²) in [5.41, 5.74) is -0.377. The number of nitrogens with one attached hydrogen (secondary N) is 1. The van der Waals surface area contributed by atoms with E-state index in [4.69, 9.17) is 0 Å². The molecule has 2 saturated carbocycles. The number of halogens is 3. The molecule has 1 aromatic heterocycles. The van der Waals surface area contributed by atoms with Crippen molar-refractivity contribution in [1.82, 2.24) is 15.1 Å². The molecule has 8 heteroatoms. The van der Waals surface area contributed by atoms with Crippen LogP contribution in [0.5, 0.6) is 0 Å². The Morgan fingerprint density at radius 1 is 1.46 bits per heavy atom. The molecule has 2 fully saturated rings. The van der Waals surface area contributed by atoms with Crippen LogP contribution in [-0.2, 0) is 6.42 Å². The van der Waals surface area contributed by atoms with Gasteiger partial charge >= 0.3 is 6.18 Å². The second kappa shape index (κ2) is 5.56. The predicted octanol–water partition coefficient (Wildman–Crippen LogP) is 3.33. The quantitative estimate of drug-likeness (QED) is 0.658. The topological polar surface area (TPSA) is 59.3 Å². The predicted molar refractivity (Wildman–Crippen MR) is 90.1 cm³/mol. The molecule has 0 spiro atoms. The number of fused-ring (bicyclic) bond motifs is 3. The van der Waals surface area contributed by atoms with E-state index in [9.17, 15) is 18.0 Å². The molecule has 1 aromatic rings. The van der Waals surface area contributed by atoms with Crippen LogP contribution in [0.2, 0.25) is 0 Å². The van der Waals surface area contributed by atoms with Gasteiger partial charge in [0.15, 0.2) is 11.5 Å². The molecule has 2 atom stereocenters. The first kappa shape index (κ1) is 17.1. The molecule has 1 heterocycles. The highest BCUT2D eigenvalue weighted by Gasteiger charge is 2.64. The van der Waals surface area contributed by atoms with Gasteiger partial charge in [0.2, 0.25) is 0 Å². The third kappa shape index (κ3) is 2.50. The summed E-state index contributed by atoms with van der Waals surface area (Å²) in [6.45, 7) is 5.55. The first-order valence-electron chi connectivity index (χ1n) is 8.64. The lowest BCUT2D eigenvalue weighted by atomic mass is 10.1. The number of allylic oxidation sites excluding steroid dienone is 2. The van der Waals surface area contributed by atoms with Gasteiger partial charge in [-0.1, -0.05) is 12.7 Å². The SMILES string of the molecule is C=C/C(=N\C=C/C)n1nc(C(=O)NC2(C(F)(F)F)CC2)c2c1[C@H]1C[C@H]1C2. The Morgan fingerprint density at radius 3 is 2.77 bits per heavy atom. The molecule has 0 aromatic carbocycles. The Labute approximate surface area is 148 Å². The summed E-state index contributed by atoms with van der Waals surface area (Å²) < 4.78 is 41.1. The minimum absolute atomic E-state index is 0.0813. The van der Waals surface area contributed by atoms with Crippen molar-refractivity contribution in [3.05, 3.63) is 41.9 Å². The van der Waals surface area contributed by atoms with Crippen LogP contribution in [0, 0.1) is 5.92 Å². The maximum Gasteiger partial charge on any atom is 0.411 e. The van der Waals surface area contributed by atoms with Gasteiger partial charge < -0.3 is 5.32 Å². The number of hydrogen-bond donors (Lipinski definition) is 1. The van der Waals surface area contributed by atoms with Crippen molar-refractivity contribution in [2.24, 2.45) is 10.9 Å². The minimum Gasteiger partial charge on any atom is -0.336 e. The molecule has 1 N–H and O–H groups in total. The van der Waals surface area contributed by atoms with Crippen LogP contribution in [0.15, 0.2) is 29.9 Å². The summed E-state index contributed by atoms with van der Waals surface area (Å²) in [6.07, 6.45) is 1.94. The first-order chi connectivity index (χ1) is 12.3. The Morgan fingerprint density at radius 2 is 2.19 bits per heavy atom. The summed E-state index contributed by atoms with van der Waals surface area (Å²) in [4.78, 5) is 16.9. The third-order valence-corrected chi connectivity index (χ3v) is 5.38. The van der Waals surface area contributed by atoms with E-state index in [1.54, 1.807) is 17.0 Å².